The Morgan fingerprint density at radius 3 is 2.53 bits per heavy atom. The zero-order chi connectivity index (χ0) is 14.7. The molecule has 0 saturated heterocycles. The van der Waals surface area contributed by atoms with E-state index in [4.69, 9.17) is 5.73 Å². The van der Waals surface area contributed by atoms with E-state index in [1.165, 1.54) is 4.68 Å². The number of nitrogens with zero attached hydrogens (tertiary/aromatic N) is 3. The number of rotatable bonds is 6. The van der Waals surface area contributed by atoms with Crippen LogP contribution in [0.5, 0.6) is 0 Å². The highest BCUT2D eigenvalue weighted by atomic mass is 32.2. The number of carbonyl (C=O) groups excluding carboxylic acids is 1. The molecule has 0 spiro atoms. The van der Waals surface area contributed by atoms with Crippen molar-refractivity contribution in [2.45, 2.75) is 45.0 Å². The van der Waals surface area contributed by atoms with Crippen LogP contribution in [0.2, 0.25) is 0 Å². The fraction of sp³-hybridized carbons (Fsp3) is 0.727. The second-order valence-corrected chi connectivity index (χ2v) is 8.19. The summed E-state index contributed by atoms with van der Waals surface area (Å²) in [6.07, 6.45) is 1.56. The highest BCUT2D eigenvalue weighted by Gasteiger charge is 2.29. The summed E-state index contributed by atoms with van der Waals surface area (Å²) in [4.78, 5) is 11.7. The number of sulfone groups is 1. The molecule has 0 atom stereocenters. The third-order valence-corrected chi connectivity index (χ3v) is 5.32. The van der Waals surface area contributed by atoms with E-state index >= 15 is 0 Å². The highest BCUT2D eigenvalue weighted by Crippen LogP contribution is 2.16. The van der Waals surface area contributed by atoms with Gasteiger partial charge in [0.15, 0.2) is 15.6 Å². The first-order valence-corrected chi connectivity index (χ1v) is 7.64. The largest absolute Gasteiger partial charge is 0.325 e. The highest BCUT2D eigenvalue weighted by molar-refractivity contribution is 7.92. The van der Waals surface area contributed by atoms with Crippen LogP contribution < -0.4 is 5.73 Å². The molecule has 108 valence electrons. The van der Waals surface area contributed by atoms with Crippen LogP contribution in [0.1, 0.15) is 32.9 Å². The number of nitrogens with two attached hydrogens (primary N) is 1. The van der Waals surface area contributed by atoms with Crippen molar-refractivity contribution < 1.29 is 13.2 Å². The van der Waals surface area contributed by atoms with Gasteiger partial charge in [-0.05, 0) is 20.8 Å². The van der Waals surface area contributed by atoms with Gasteiger partial charge in [0.1, 0.15) is 6.54 Å². The summed E-state index contributed by atoms with van der Waals surface area (Å²) in [6.45, 7) is 5.15. The summed E-state index contributed by atoms with van der Waals surface area (Å²) >= 11 is 0. The molecule has 1 rings (SSSR count). The molecule has 0 aromatic carbocycles. The molecule has 1 aromatic heterocycles. The van der Waals surface area contributed by atoms with E-state index in [0.717, 1.165) is 0 Å². The fourth-order valence-electron chi connectivity index (χ4n) is 1.32. The first-order valence-electron chi connectivity index (χ1n) is 5.99. The summed E-state index contributed by atoms with van der Waals surface area (Å²) in [5.74, 6) is -0.338. The van der Waals surface area contributed by atoms with E-state index in [1.807, 2.05) is 0 Å². The third-order valence-electron chi connectivity index (χ3n) is 2.72. The van der Waals surface area contributed by atoms with Gasteiger partial charge in [0.05, 0.1) is 22.4 Å². The van der Waals surface area contributed by atoms with Crippen molar-refractivity contribution in [3.05, 3.63) is 11.9 Å². The molecule has 0 fully saturated rings. The monoisotopic (exact) mass is 288 g/mol. The molecule has 0 unspecified atom stereocenters. The first-order chi connectivity index (χ1) is 8.65. The van der Waals surface area contributed by atoms with Gasteiger partial charge in [0.25, 0.3) is 0 Å². The third kappa shape index (κ3) is 4.39. The molecule has 0 bridgehead atoms. The summed E-state index contributed by atoms with van der Waals surface area (Å²) in [7, 11) is -3.27. The van der Waals surface area contributed by atoms with E-state index in [-0.39, 0.29) is 31.0 Å². The Labute approximate surface area is 113 Å². The van der Waals surface area contributed by atoms with Gasteiger partial charge < -0.3 is 5.73 Å². The zero-order valence-corrected chi connectivity index (χ0v) is 12.3. The molecule has 0 saturated carbocycles. The summed E-state index contributed by atoms with van der Waals surface area (Å²) in [5, 5.41) is 7.49. The Bertz CT molecular complexity index is 543. The fourth-order valence-corrected chi connectivity index (χ4v) is 2.43. The molecule has 0 aliphatic carbocycles. The lowest BCUT2D eigenvalue weighted by molar-refractivity contribution is -0.119. The molecule has 1 aromatic rings. The van der Waals surface area contributed by atoms with Crippen LogP contribution in [0.3, 0.4) is 0 Å². The van der Waals surface area contributed by atoms with Crippen LogP contribution in [0.15, 0.2) is 6.20 Å². The van der Waals surface area contributed by atoms with E-state index in [2.05, 4.69) is 10.3 Å². The molecule has 0 radical (unpaired) electrons. The predicted molar refractivity (Wildman–Crippen MR) is 71.1 cm³/mol. The van der Waals surface area contributed by atoms with Crippen molar-refractivity contribution in [2.24, 2.45) is 5.73 Å². The number of aromatic nitrogens is 3. The van der Waals surface area contributed by atoms with E-state index in [1.54, 1.807) is 27.0 Å². The number of hydrogen-bond acceptors (Lipinski definition) is 6. The Balaban J connectivity index is 2.53. The van der Waals surface area contributed by atoms with Gasteiger partial charge in [-0.1, -0.05) is 5.21 Å². The minimum Gasteiger partial charge on any atom is -0.325 e. The van der Waals surface area contributed by atoms with Gasteiger partial charge in [0.2, 0.25) is 0 Å². The van der Waals surface area contributed by atoms with Gasteiger partial charge in [-0.25, -0.2) is 13.1 Å². The average molecular weight is 288 g/mol. The minimum atomic E-state index is -3.27. The Morgan fingerprint density at radius 2 is 2.05 bits per heavy atom. The number of Topliss-reactive ketones (excluding diaryl/α,β-unsaturated/α-hetero) is 1. The maximum Gasteiger partial charge on any atom is 0.155 e. The Hall–Kier alpha value is -1.28. The van der Waals surface area contributed by atoms with Crippen LogP contribution in [0, 0.1) is 0 Å². The zero-order valence-electron chi connectivity index (χ0n) is 11.5. The lowest BCUT2D eigenvalue weighted by Gasteiger charge is -2.18. The predicted octanol–water partition coefficient (Wildman–Crippen LogP) is -0.0907. The topological polar surface area (TPSA) is 108 Å². The molecule has 7 nitrogen and oxygen atoms in total. The van der Waals surface area contributed by atoms with Crippen molar-refractivity contribution in [3.8, 4) is 0 Å². The van der Waals surface area contributed by atoms with Crippen LogP contribution in [-0.2, 0) is 27.7 Å². The Kier molecular flexibility index (Phi) is 4.81. The van der Waals surface area contributed by atoms with Gasteiger partial charge in [-0.3, -0.25) is 4.79 Å². The standard InChI is InChI=1S/C11H20N4O3S/c1-11(2,3)19(17,18)5-4-10(16)8-15-7-9(6-12)13-14-15/h7H,4-6,8,12H2,1-3H3. The van der Waals surface area contributed by atoms with Crippen molar-refractivity contribution in [1.82, 2.24) is 15.0 Å². The minimum absolute atomic E-state index is 0.0164. The average Bonchev–Trinajstić information content (AvgIpc) is 2.72. The summed E-state index contributed by atoms with van der Waals surface area (Å²) in [5.41, 5.74) is 5.97. The van der Waals surface area contributed by atoms with E-state index in [9.17, 15) is 13.2 Å². The van der Waals surface area contributed by atoms with Crippen LogP contribution >= 0.6 is 0 Å². The lowest BCUT2D eigenvalue weighted by Crippen LogP contribution is -2.31. The molecular weight excluding hydrogens is 268 g/mol. The maximum atomic E-state index is 11.9. The van der Waals surface area contributed by atoms with Crippen molar-refractivity contribution in [3.63, 3.8) is 0 Å². The van der Waals surface area contributed by atoms with Crippen LogP contribution in [0.25, 0.3) is 0 Å². The van der Waals surface area contributed by atoms with Crippen molar-refractivity contribution >= 4 is 15.6 Å². The quantitative estimate of drug-likeness (QED) is 0.783. The molecule has 8 heteroatoms. The summed E-state index contributed by atoms with van der Waals surface area (Å²) in [6, 6.07) is 0. The van der Waals surface area contributed by atoms with Crippen LogP contribution in [-0.4, -0.2) is 39.7 Å². The molecular formula is C11H20N4O3S. The lowest BCUT2D eigenvalue weighted by atomic mass is 10.3. The second-order valence-electron chi connectivity index (χ2n) is 5.33. The second kappa shape index (κ2) is 5.79. The van der Waals surface area contributed by atoms with Gasteiger partial charge in [0, 0.05) is 13.0 Å². The smallest absolute Gasteiger partial charge is 0.155 e. The maximum absolute atomic E-state index is 11.9. The molecule has 1 heterocycles. The number of hydrogen-bond donors (Lipinski definition) is 1. The van der Waals surface area contributed by atoms with Gasteiger partial charge in [-0.15, -0.1) is 5.10 Å². The van der Waals surface area contributed by atoms with Crippen LogP contribution in [0.4, 0.5) is 0 Å². The van der Waals surface area contributed by atoms with Gasteiger partial charge >= 0.3 is 0 Å². The van der Waals surface area contributed by atoms with Crippen molar-refractivity contribution in [2.75, 3.05) is 5.75 Å². The SMILES string of the molecule is CC(C)(C)S(=O)(=O)CCC(=O)Cn1cc(CN)nn1. The molecule has 0 aliphatic rings. The number of carbonyl (C=O) groups is 1. The van der Waals surface area contributed by atoms with E-state index in [0.29, 0.717) is 5.69 Å². The van der Waals surface area contributed by atoms with Gasteiger partial charge in [-0.2, -0.15) is 0 Å². The molecule has 0 amide bonds. The molecule has 2 N–H and O–H groups in total. The normalized spacial score (nSPS) is 12.6. The molecule has 0 aliphatic heterocycles. The van der Waals surface area contributed by atoms with Crippen molar-refractivity contribution in [1.29, 1.82) is 0 Å². The first kappa shape index (κ1) is 15.8. The Morgan fingerprint density at radius 1 is 1.42 bits per heavy atom. The molecule has 19 heavy (non-hydrogen) atoms. The van der Waals surface area contributed by atoms with E-state index < -0.39 is 14.6 Å². The summed E-state index contributed by atoms with van der Waals surface area (Å²) < 4.78 is 24.2. The number of ketones is 1.